The minimum absolute atomic E-state index is 0.199. The largest absolute Gasteiger partial charge is 0.481 e. The molecule has 0 radical (unpaired) electrons. The second kappa shape index (κ2) is 5.07. The van der Waals surface area contributed by atoms with E-state index in [9.17, 15) is 18.0 Å². The van der Waals surface area contributed by atoms with Crippen LogP contribution in [0.25, 0.3) is 0 Å². The van der Waals surface area contributed by atoms with Crippen LogP contribution in [-0.4, -0.2) is 17.7 Å². The van der Waals surface area contributed by atoms with Gasteiger partial charge in [-0.3, -0.25) is 4.79 Å². The third-order valence-corrected chi connectivity index (χ3v) is 1.95. The maximum absolute atomic E-state index is 13.0. The summed E-state index contributed by atoms with van der Waals surface area (Å²) < 4.78 is 40.9. The molecule has 0 aliphatic rings. The molecule has 1 aromatic carbocycles. The summed E-state index contributed by atoms with van der Waals surface area (Å²) in [6, 6.07) is 1.58. The number of hydrogen-bond donors (Lipinski definition) is 1. The van der Waals surface area contributed by atoms with Gasteiger partial charge >= 0.3 is 12.6 Å². The molecular weight excluding hydrogens is 249 g/mol. The fourth-order valence-electron chi connectivity index (χ4n) is 1.08. The number of carboxylic acid groups (broad SMARTS) is 1. The Bertz CT molecular complexity index is 409. The van der Waals surface area contributed by atoms with Gasteiger partial charge in [0.1, 0.15) is 11.6 Å². The van der Waals surface area contributed by atoms with Gasteiger partial charge in [-0.2, -0.15) is 8.78 Å². The fourth-order valence-corrected chi connectivity index (χ4v) is 1.23. The number of alkyl halides is 2. The predicted molar refractivity (Wildman–Crippen MR) is 49.4 cm³/mol. The molecule has 0 bridgehead atoms. The van der Waals surface area contributed by atoms with Gasteiger partial charge in [0.15, 0.2) is 0 Å². The Morgan fingerprint density at radius 1 is 1.50 bits per heavy atom. The van der Waals surface area contributed by atoms with Gasteiger partial charge in [0.25, 0.3) is 0 Å². The van der Waals surface area contributed by atoms with Crippen LogP contribution in [0, 0.1) is 5.82 Å². The molecular formula is C9H6ClF3O3. The van der Waals surface area contributed by atoms with Gasteiger partial charge in [-0.15, -0.1) is 0 Å². The lowest BCUT2D eigenvalue weighted by Gasteiger charge is -2.10. The first kappa shape index (κ1) is 12.6. The third kappa shape index (κ3) is 3.30. The van der Waals surface area contributed by atoms with Crippen molar-refractivity contribution in [1.82, 2.24) is 0 Å². The molecule has 0 heterocycles. The smallest absolute Gasteiger partial charge is 0.387 e. The number of carboxylic acids is 1. The highest BCUT2D eigenvalue weighted by molar-refractivity contribution is 6.30. The zero-order valence-electron chi connectivity index (χ0n) is 7.71. The zero-order chi connectivity index (χ0) is 12.3. The highest BCUT2D eigenvalue weighted by Crippen LogP contribution is 2.28. The van der Waals surface area contributed by atoms with Crippen molar-refractivity contribution in [3.63, 3.8) is 0 Å². The molecule has 1 N–H and O–H groups in total. The molecule has 0 aliphatic heterocycles. The summed E-state index contributed by atoms with van der Waals surface area (Å²) in [5.74, 6) is -2.62. The number of halogens is 4. The van der Waals surface area contributed by atoms with Gasteiger partial charge in [0.05, 0.1) is 11.4 Å². The molecule has 0 unspecified atom stereocenters. The summed E-state index contributed by atoms with van der Waals surface area (Å²) in [7, 11) is 0. The Morgan fingerprint density at radius 3 is 2.62 bits per heavy atom. The molecule has 0 amide bonds. The number of rotatable bonds is 4. The third-order valence-electron chi connectivity index (χ3n) is 1.66. The summed E-state index contributed by atoms with van der Waals surface area (Å²) in [6.45, 7) is -3.13. The second-order valence-corrected chi connectivity index (χ2v) is 3.23. The summed E-state index contributed by atoms with van der Waals surface area (Å²) in [5, 5.41) is 8.07. The standard InChI is InChI=1S/C9H6ClF3O3/c10-5-3-7(16-9(12)13)4(1-6(5)11)2-8(14)15/h1,3,9H,2H2,(H,14,15). The van der Waals surface area contributed by atoms with E-state index in [1.54, 1.807) is 0 Å². The highest BCUT2D eigenvalue weighted by Gasteiger charge is 2.15. The van der Waals surface area contributed by atoms with Gasteiger partial charge in [-0.25, -0.2) is 4.39 Å². The summed E-state index contributed by atoms with van der Waals surface area (Å²) in [5.41, 5.74) is -0.199. The SMILES string of the molecule is O=C(O)Cc1cc(F)c(Cl)cc1OC(F)F. The average Bonchev–Trinajstić information content (AvgIpc) is 2.11. The highest BCUT2D eigenvalue weighted by atomic mass is 35.5. The molecule has 0 aliphatic carbocycles. The van der Waals surface area contributed by atoms with E-state index in [2.05, 4.69) is 4.74 Å². The van der Waals surface area contributed by atoms with Crippen molar-refractivity contribution in [3.8, 4) is 5.75 Å². The summed E-state index contributed by atoms with van der Waals surface area (Å²) in [4.78, 5) is 10.4. The van der Waals surface area contributed by atoms with E-state index < -0.39 is 35.6 Å². The van der Waals surface area contributed by atoms with Gasteiger partial charge in [0, 0.05) is 11.6 Å². The van der Waals surface area contributed by atoms with E-state index in [0.717, 1.165) is 12.1 Å². The Balaban J connectivity index is 3.11. The van der Waals surface area contributed by atoms with Crippen LogP contribution in [0.5, 0.6) is 5.75 Å². The molecule has 0 saturated heterocycles. The van der Waals surface area contributed by atoms with E-state index in [1.165, 1.54) is 0 Å². The number of hydrogen-bond acceptors (Lipinski definition) is 2. The van der Waals surface area contributed by atoms with Crippen molar-refractivity contribution >= 4 is 17.6 Å². The van der Waals surface area contributed by atoms with Crippen molar-refractivity contribution in [1.29, 1.82) is 0 Å². The number of carbonyl (C=O) groups is 1. The van der Waals surface area contributed by atoms with E-state index >= 15 is 0 Å². The lowest BCUT2D eigenvalue weighted by molar-refractivity contribution is -0.136. The molecule has 0 aromatic heterocycles. The van der Waals surface area contributed by atoms with E-state index in [1.807, 2.05) is 0 Å². The van der Waals surface area contributed by atoms with Crippen LogP contribution in [0.2, 0.25) is 5.02 Å². The normalized spacial score (nSPS) is 10.6. The molecule has 16 heavy (non-hydrogen) atoms. The summed E-state index contributed by atoms with van der Waals surface area (Å²) >= 11 is 5.36. The van der Waals surface area contributed by atoms with Crippen LogP contribution >= 0.6 is 11.6 Å². The van der Waals surface area contributed by atoms with Gasteiger partial charge in [-0.05, 0) is 6.07 Å². The average molecular weight is 255 g/mol. The molecule has 0 fully saturated rings. The molecule has 1 aromatic rings. The maximum atomic E-state index is 13.0. The van der Waals surface area contributed by atoms with Crippen molar-refractivity contribution in [3.05, 3.63) is 28.5 Å². The maximum Gasteiger partial charge on any atom is 0.387 e. The van der Waals surface area contributed by atoms with E-state index in [0.29, 0.717) is 0 Å². The molecule has 0 atom stereocenters. The first-order valence-electron chi connectivity index (χ1n) is 4.04. The van der Waals surface area contributed by atoms with Gasteiger partial charge < -0.3 is 9.84 Å². The molecule has 3 nitrogen and oxygen atoms in total. The van der Waals surface area contributed by atoms with E-state index in [-0.39, 0.29) is 5.56 Å². The van der Waals surface area contributed by atoms with Gasteiger partial charge in [0.2, 0.25) is 0 Å². The van der Waals surface area contributed by atoms with Gasteiger partial charge in [-0.1, -0.05) is 11.6 Å². The number of ether oxygens (including phenoxy) is 1. The summed E-state index contributed by atoms with van der Waals surface area (Å²) in [6.07, 6.45) is -0.629. The molecule has 1 rings (SSSR count). The van der Waals surface area contributed by atoms with Crippen LogP contribution in [0.15, 0.2) is 12.1 Å². The lowest BCUT2D eigenvalue weighted by Crippen LogP contribution is -2.08. The quantitative estimate of drug-likeness (QED) is 0.899. The zero-order valence-corrected chi connectivity index (χ0v) is 8.47. The topological polar surface area (TPSA) is 46.5 Å². The first-order chi connectivity index (χ1) is 7.40. The second-order valence-electron chi connectivity index (χ2n) is 2.82. The predicted octanol–water partition coefficient (Wildman–Crippen LogP) is 2.71. The lowest BCUT2D eigenvalue weighted by atomic mass is 10.1. The Labute approximate surface area is 93.4 Å². The number of benzene rings is 1. The van der Waals surface area contributed by atoms with Crippen LogP contribution in [-0.2, 0) is 11.2 Å². The Morgan fingerprint density at radius 2 is 2.12 bits per heavy atom. The Hall–Kier alpha value is -1.43. The minimum Gasteiger partial charge on any atom is -0.481 e. The molecule has 7 heteroatoms. The van der Waals surface area contributed by atoms with Crippen molar-refractivity contribution in [2.75, 3.05) is 0 Å². The van der Waals surface area contributed by atoms with Crippen LogP contribution in [0.1, 0.15) is 5.56 Å². The number of aliphatic carboxylic acids is 1. The first-order valence-corrected chi connectivity index (χ1v) is 4.42. The minimum atomic E-state index is -3.13. The van der Waals surface area contributed by atoms with Crippen LogP contribution < -0.4 is 4.74 Å². The monoisotopic (exact) mass is 254 g/mol. The van der Waals surface area contributed by atoms with Crippen LogP contribution in [0.4, 0.5) is 13.2 Å². The molecule has 0 spiro atoms. The molecule has 88 valence electrons. The van der Waals surface area contributed by atoms with Crippen molar-refractivity contribution < 1.29 is 27.8 Å². The van der Waals surface area contributed by atoms with Crippen molar-refractivity contribution in [2.45, 2.75) is 13.0 Å². The Kier molecular flexibility index (Phi) is 4.00. The van der Waals surface area contributed by atoms with Crippen molar-refractivity contribution in [2.24, 2.45) is 0 Å². The van der Waals surface area contributed by atoms with Crippen LogP contribution in [0.3, 0.4) is 0 Å². The van der Waals surface area contributed by atoms with E-state index in [4.69, 9.17) is 16.7 Å². The molecule has 0 saturated carbocycles. The fraction of sp³-hybridized carbons (Fsp3) is 0.222.